The predicted molar refractivity (Wildman–Crippen MR) is 87.8 cm³/mol. The van der Waals surface area contributed by atoms with E-state index in [1.54, 1.807) is 18.9 Å². The maximum absolute atomic E-state index is 9.94. The Balaban J connectivity index is 2.30. The van der Waals surface area contributed by atoms with E-state index in [-0.39, 0.29) is 6.10 Å². The summed E-state index contributed by atoms with van der Waals surface area (Å²) in [4.78, 5) is 1.18. The van der Waals surface area contributed by atoms with Gasteiger partial charge in [0.05, 0.1) is 25.4 Å². The normalized spacial score (nSPS) is 14.1. The van der Waals surface area contributed by atoms with Crippen LogP contribution in [0, 0.1) is 0 Å². The minimum Gasteiger partial charge on any atom is -0.390 e. The predicted octanol–water partition coefficient (Wildman–Crippen LogP) is 2.30. The van der Waals surface area contributed by atoms with Crippen LogP contribution in [0.4, 0.5) is 0 Å². The number of ether oxygens (including phenoxy) is 2. The van der Waals surface area contributed by atoms with Crippen molar-refractivity contribution >= 4 is 11.8 Å². The molecule has 1 aromatic rings. The van der Waals surface area contributed by atoms with Crippen molar-refractivity contribution in [1.82, 2.24) is 5.32 Å². The molecule has 0 fully saturated rings. The number of methoxy groups -OCH3 is 1. The highest BCUT2D eigenvalue weighted by Crippen LogP contribution is 2.20. The Morgan fingerprint density at radius 2 is 2.14 bits per heavy atom. The van der Waals surface area contributed by atoms with E-state index >= 15 is 0 Å². The average molecular weight is 313 g/mol. The zero-order chi connectivity index (χ0) is 15.5. The van der Waals surface area contributed by atoms with Crippen molar-refractivity contribution in [3.8, 4) is 0 Å². The minimum absolute atomic E-state index is 0.0121. The molecule has 0 amide bonds. The Morgan fingerprint density at radius 3 is 2.86 bits per heavy atom. The van der Waals surface area contributed by atoms with Gasteiger partial charge in [0.25, 0.3) is 0 Å². The van der Waals surface area contributed by atoms with Crippen LogP contribution in [-0.4, -0.2) is 49.9 Å². The molecule has 21 heavy (non-hydrogen) atoms. The zero-order valence-electron chi connectivity index (χ0n) is 13.2. The maximum Gasteiger partial charge on any atom is 0.0867 e. The molecule has 0 bridgehead atoms. The van der Waals surface area contributed by atoms with Gasteiger partial charge >= 0.3 is 0 Å². The number of rotatable bonds is 11. The Hall–Kier alpha value is -0.590. The molecule has 4 nitrogen and oxygen atoms in total. The van der Waals surface area contributed by atoms with Crippen molar-refractivity contribution < 1.29 is 14.6 Å². The lowest BCUT2D eigenvalue weighted by atomic mass is 10.2. The summed E-state index contributed by atoms with van der Waals surface area (Å²) in [7, 11) is 1.65. The smallest absolute Gasteiger partial charge is 0.0867 e. The van der Waals surface area contributed by atoms with Gasteiger partial charge in [-0.05, 0) is 31.2 Å². The van der Waals surface area contributed by atoms with Gasteiger partial charge in [-0.2, -0.15) is 0 Å². The summed E-state index contributed by atoms with van der Waals surface area (Å²) in [6, 6.07) is 8.40. The molecule has 0 saturated heterocycles. The fraction of sp³-hybridized carbons (Fsp3) is 0.625. The van der Waals surface area contributed by atoms with E-state index in [1.807, 2.05) is 6.92 Å². The first-order chi connectivity index (χ1) is 10.2. The van der Waals surface area contributed by atoms with Gasteiger partial charge in [-0.25, -0.2) is 0 Å². The summed E-state index contributed by atoms with van der Waals surface area (Å²) in [5, 5.41) is 13.3. The fourth-order valence-electron chi connectivity index (χ4n) is 1.81. The summed E-state index contributed by atoms with van der Waals surface area (Å²) >= 11 is 1.65. The molecule has 120 valence electrons. The molecule has 2 atom stereocenters. The highest BCUT2D eigenvalue weighted by atomic mass is 32.2. The van der Waals surface area contributed by atoms with E-state index in [4.69, 9.17) is 9.47 Å². The van der Waals surface area contributed by atoms with Crippen LogP contribution >= 0.6 is 11.8 Å². The molecule has 0 spiro atoms. The third-order valence-corrected chi connectivity index (χ3v) is 4.03. The zero-order valence-corrected chi connectivity index (χ0v) is 14.0. The molecule has 1 rings (SSSR count). The van der Waals surface area contributed by atoms with Crippen LogP contribution < -0.4 is 5.32 Å². The van der Waals surface area contributed by atoms with Crippen molar-refractivity contribution in [2.24, 2.45) is 0 Å². The molecule has 0 aliphatic heterocycles. The average Bonchev–Trinajstić information content (AvgIpc) is 2.49. The number of nitrogens with one attached hydrogen (secondary N) is 1. The van der Waals surface area contributed by atoms with Crippen LogP contribution in [0.1, 0.15) is 19.4 Å². The molecule has 5 heteroatoms. The quantitative estimate of drug-likeness (QED) is 0.614. The van der Waals surface area contributed by atoms with Crippen molar-refractivity contribution in [2.45, 2.75) is 37.5 Å². The van der Waals surface area contributed by atoms with Crippen LogP contribution in [0.2, 0.25) is 0 Å². The van der Waals surface area contributed by atoms with Crippen LogP contribution in [0.3, 0.4) is 0 Å². The molecule has 0 saturated carbocycles. The molecule has 0 aromatic heterocycles. The Morgan fingerprint density at radius 1 is 1.33 bits per heavy atom. The second-order valence-corrected chi connectivity index (χ2v) is 6.09. The van der Waals surface area contributed by atoms with Crippen LogP contribution in [-0.2, 0) is 16.0 Å². The van der Waals surface area contributed by atoms with Crippen molar-refractivity contribution in [3.63, 3.8) is 0 Å². The van der Waals surface area contributed by atoms with Crippen molar-refractivity contribution in [1.29, 1.82) is 0 Å². The van der Waals surface area contributed by atoms with Gasteiger partial charge in [0.2, 0.25) is 0 Å². The first kappa shape index (κ1) is 18.5. The Kier molecular flexibility index (Phi) is 9.70. The van der Waals surface area contributed by atoms with E-state index < -0.39 is 6.10 Å². The molecule has 0 heterocycles. The fourth-order valence-corrected chi connectivity index (χ4v) is 2.70. The summed E-state index contributed by atoms with van der Waals surface area (Å²) in [5.74, 6) is 0.629. The number of hydrogen-bond acceptors (Lipinski definition) is 5. The number of aliphatic hydroxyl groups is 1. The first-order valence-corrected chi connectivity index (χ1v) is 8.35. The number of aliphatic hydroxyl groups excluding tert-OH is 1. The number of hydrogen-bond donors (Lipinski definition) is 2. The van der Waals surface area contributed by atoms with Gasteiger partial charge in [-0.15, -0.1) is 11.8 Å². The summed E-state index contributed by atoms with van der Waals surface area (Å²) in [5.41, 5.74) is 1.27. The summed E-state index contributed by atoms with van der Waals surface area (Å²) in [6.07, 6.45) is -0.454. The lowest BCUT2D eigenvalue weighted by molar-refractivity contribution is -0.0257. The topological polar surface area (TPSA) is 50.7 Å². The number of thioether (sulfide) groups is 1. The standard InChI is InChI=1S/C16H27NO3S/c1-4-17-9-14-6-5-7-16(8-14)21-12-15(18)11-20-13(2)10-19-3/h5-8,13,15,17-18H,4,9-12H2,1-3H3. The van der Waals surface area contributed by atoms with Gasteiger partial charge < -0.3 is 19.9 Å². The van der Waals surface area contributed by atoms with Crippen molar-refractivity contribution in [3.05, 3.63) is 29.8 Å². The minimum atomic E-state index is -0.466. The lowest BCUT2D eigenvalue weighted by Gasteiger charge is -2.15. The number of benzene rings is 1. The summed E-state index contributed by atoms with van der Waals surface area (Å²) in [6.45, 7) is 6.77. The van der Waals surface area contributed by atoms with E-state index in [2.05, 4.69) is 36.5 Å². The largest absolute Gasteiger partial charge is 0.390 e. The van der Waals surface area contributed by atoms with E-state index in [1.165, 1.54) is 10.5 Å². The third kappa shape index (κ3) is 8.44. The van der Waals surface area contributed by atoms with Crippen LogP contribution in [0.5, 0.6) is 0 Å². The second kappa shape index (κ2) is 11.0. The van der Waals surface area contributed by atoms with Crippen LogP contribution in [0.15, 0.2) is 29.2 Å². The molecule has 0 radical (unpaired) electrons. The summed E-state index contributed by atoms with van der Waals surface area (Å²) < 4.78 is 10.5. The highest BCUT2D eigenvalue weighted by Gasteiger charge is 2.09. The maximum atomic E-state index is 9.94. The van der Waals surface area contributed by atoms with Gasteiger partial charge in [-0.1, -0.05) is 19.1 Å². The van der Waals surface area contributed by atoms with Crippen molar-refractivity contribution in [2.75, 3.05) is 32.6 Å². The second-order valence-electron chi connectivity index (χ2n) is 4.99. The van der Waals surface area contributed by atoms with Crippen LogP contribution in [0.25, 0.3) is 0 Å². The molecular formula is C16H27NO3S. The molecule has 1 aromatic carbocycles. The van der Waals surface area contributed by atoms with Gasteiger partial charge in [0, 0.05) is 24.3 Å². The molecular weight excluding hydrogens is 286 g/mol. The van der Waals surface area contributed by atoms with E-state index in [0.717, 1.165) is 13.1 Å². The molecule has 0 aliphatic carbocycles. The van der Waals surface area contributed by atoms with E-state index in [0.29, 0.717) is 19.0 Å². The molecule has 2 unspecified atom stereocenters. The Labute approximate surface area is 132 Å². The monoisotopic (exact) mass is 313 g/mol. The molecule has 0 aliphatic rings. The lowest BCUT2D eigenvalue weighted by Crippen LogP contribution is -2.24. The van der Waals surface area contributed by atoms with Gasteiger partial charge in [0.15, 0.2) is 0 Å². The molecule has 2 N–H and O–H groups in total. The van der Waals surface area contributed by atoms with Gasteiger partial charge in [-0.3, -0.25) is 0 Å². The van der Waals surface area contributed by atoms with E-state index in [9.17, 15) is 5.11 Å². The highest BCUT2D eigenvalue weighted by molar-refractivity contribution is 7.99. The Bertz CT molecular complexity index is 390. The van der Waals surface area contributed by atoms with Gasteiger partial charge in [0.1, 0.15) is 0 Å². The third-order valence-electron chi connectivity index (χ3n) is 2.89. The SMILES string of the molecule is CCNCc1cccc(SCC(O)COC(C)COC)c1. The first-order valence-electron chi connectivity index (χ1n) is 7.36.